The maximum absolute atomic E-state index is 6.65. The van der Waals surface area contributed by atoms with E-state index in [2.05, 4.69) is 16.7 Å². The van der Waals surface area contributed by atoms with Crippen LogP contribution < -0.4 is 11.5 Å². The zero-order chi connectivity index (χ0) is 15.1. The minimum atomic E-state index is -0.398. The molecule has 3 aliphatic rings. The fourth-order valence-corrected chi connectivity index (χ4v) is 4.32. The van der Waals surface area contributed by atoms with E-state index in [1.807, 2.05) is 0 Å². The van der Waals surface area contributed by atoms with Crippen LogP contribution in [0.1, 0.15) is 32.6 Å². The molecule has 1 atom stereocenters. The van der Waals surface area contributed by atoms with Gasteiger partial charge in [0.2, 0.25) is 0 Å². The van der Waals surface area contributed by atoms with Gasteiger partial charge in [0.25, 0.3) is 0 Å². The molecule has 3 heterocycles. The number of hydrogen-bond acceptors (Lipinski definition) is 5. The summed E-state index contributed by atoms with van der Waals surface area (Å²) in [6, 6.07) is 0.281. The van der Waals surface area contributed by atoms with Crippen LogP contribution in [0.25, 0.3) is 0 Å². The quantitative estimate of drug-likeness (QED) is 0.706. The average molecular weight is 314 g/mol. The second kappa shape index (κ2) is 5.62. The van der Waals surface area contributed by atoms with Crippen molar-refractivity contribution in [2.45, 2.75) is 50.0 Å². The Morgan fingerprint density at radius 2 is 1.48 bits per heavy atom. The molecule has 1 unspecified atom stereocenters. The third-order valence-electron chi connectivity index (χ3n) is 5.06. The molecule has 21 heavy (non-hydrogen) atoms. The molecule has 0 aliphatic carbocycles. The van der Waals surface area contributed by atoms with Crippen molar-refractivity contribution < 1.29 is 9.47 Å². The van der Waals surface area contributed by atoms with Gasteiger partial charge in [0.15, 0.2) is 5.11 Å². The summed E-state index contributed by atoms with van der Waals surface area (Å²) in [7, 11) is 0. The Morgan fingerprint density at radius 1 is 1.00 bits per heavy atom. The summed E-state index contributed by atoms with van der Waals surface area (Å²) in [5.74, 6) is 0. The van der Waals surface area contributed by atoms with E-state index in [9.17, 15) is 0 Å². The largest absolute Gasteiger partial charge is 0.381 e. The maximum Gasteiger partial charge on any atom is 0.174 e. The van der Waals surface area contributed by atoms with Crippen molar-refractivity contribution in [3.05, 3.63) is 0 Å². The zero-order valence-electron chi connectivity index (χ0n) is 12.7. The first-order valence-corrected chi connectivity index (χ1v) is 8.21. The first-order valence-electron chi connectivity index (χ1n) is 7.80. The molecule has 0 aromatic heterocycles. The van der Waals surface area contributed by atoms with Crippen LogP contribution in [0.4, 0.5) is 0 Å². The lowest BCUT2D eigenvalue weighted by Crippen LogP contribution is -2.64. The molecule has 7 heteroatoms. The van der Waals surface area contributed by atoms with E-state index in [1.54, 1.807) is 0 Å². The number of thiocarbonyl (C=S) groups is 1. The molecule has 0 saturated carbocycles. The smallest absolute Gasteiger partial charge is 0.174 e. The number of ether oxygens (including phenoxy) is 2. The molecule has 120 valence electrons. The van der Waals surface area contributed by atoms with Gasteiger partial charge >= 0.3 is 0 Å². The van der Waals surface area contributed by atoms with E-state index >= 15 is 0 Å². The van der Waals surface area contributed by atoms with E-state index < -0.39 is 5.66 Å². The Labute approximate surface area is 131 Å². The highest BCUT2D eigenvalue weighted by molar-refractivity contribution is 7.80. The first kappa shape index (κ1) is 15.4. The molecule has 0 aromatic carbocycles. The zero-order valence-corrected chi connectivity index (χ0v) is 13.5. The van der Waals surface area contributed by atoms with Crippen LogP contribution in [-0.4, -0.2) is 65.3 Å². The van der Waals surface area contributed by atoms with Crippen LogP contribution in [-0.2, 0) is 9.47 Å². The molecule has 3 rings (SSSR count). The third kappa shape index (κ3) is 2.66. The van der Waals surface area contributed by atoms with Gasteiger partial charge in [-0.1, -0.05) is 0 Å². The summed E-state index contributed by atoms with van der Waals surface area (Å²) >= 11 is 5.75. The van der Waals surface area contributed by atoms with Crippen LogP contribution in [0, 0.1) is 0 Å². The molecular weight excluding hydrogens is 288 g/mol. The molecule has 0 bridgehead atoms. The molecular formula is C14H26N4O2S. The summed E-state index contributed by atoms with van der Waals surface area (Å²) < 4.78 is 10.9. The Hall–Kier alpha value is -0.470. The van der Waals surface area contributed by atoms with Gasteiger partial charge in [-0.2, -0.15) is 0 Å². The minimum absolute atomic E-state index is 0.281. The van der Waals surface area contributed by atoms with E-state index in [4.69, 9.17) is 33.2 Å². The average Bonchev–Trinajstić information content (AvgIpc) is 2.77. The van der Waals surface area contributed by atoms with Crippen molar-refractivity contribution >= 4 is 17.3 Å². The third-order valence-corrected chi connectivity index (χ3v) is 5.48. The normalized spacial score (nSPS) is 32.5. The molecule has 3 aliphatic heterocycles. The van der Waals surface area contributed by atoms with Crippen LogP contribution >= 0.6 is 12.2 Å². The number of nitrogens with two attached hydrogens (primary N) is 2. The fraction of sp³-hybridized carbons (Fsp3) is 0.929. The topological polar surface area (TPSA) is 77.0 Å². The highest BCUT2D eigenvalue weighted by Crippen LogP contribution is 2.35. The van der Waals surface area contributed by atoms with Crippen molar-refractivity contribution in [2.75, 3.05) is 33.0 Å². The first-order chi connectivity index (χ1) is 9.96. The summed E-state index contributed by atoms with van der Waals surface area (Å²) in [6.07, 6.45) is 3.25. The Morgan fingerprint density at radius 3 is 2.00 bits per heavy atom. The second-order valence-electron chi connectivity index (χ2n) is 6.54. The van der Waals surface area contributed by atoms with E-state index in [0.29, 0.717) is 26.4 Å². The molecule has 0 radical (unpaired) electrons. The standard InChI is InChI=1S/C14H26N4O2S/c1-11-10-17(13(15)2-6-19-7-3-13)12(21)18(11)14(16)4-8-20-9-5-14/h11H,2-10,15-16H2,1H3. The van der Waals surface area contributed by atoms with Gasteiger partial charge in [-0.3, -0.25) is 0 Å². The van der Waals surface area contributed by atoms with Gasteiger partial charge in [-0.05, 0) is 19.1 Å². The highest BCUT2D eigenvalue weighted by atomic mass is 32.1. The summed E-state index contributed by atoms with van der Waals surface area (Å²) in [4.78, 5) is 4.38. The van der Waals surface area contributed by atoms with Crippen LogP contribution in [0.2, 0.25) is 0 Å². The van der Waals surface area contributed by atoms with Crippen molar-refractivity contribution in [1.29, 1.82) is 0 Å². The molecule has 6 nitrogen and oxygen atoms in total. The van der Waals surface area contributed by atoms with Crippen molar-refractivity contribution in [1.82, 2.24) is 9.80 Å². The predicted octanol–water partition coefficient (Wildman–Crippen LogP) is 0.208. The molecule has 0 aromatic rings. The number of nitrogens with zero attached hydrogens (tertiary/aromatic N) is 2. The van der Waals surface area contributed by atoms with Gasteiger partial charge in [0, 0.05) is 38.3 Å². The lowest BCUT2D eigenvalue weighted by atomic mass is 9.98. The van der Waals surface area contributed by atoms with Crippen molar-refractivity contribution in [3.8, 4) is 0 Å². The van der Waals surface area contributed by atoms with E-state index in [0.717, 1.165) is 37.3 Å². The van der Waals surface area contributed by atoms with Gasteiger partial charge in [-0.25, -0.2) is 0 Å². The fourth-order valence-electron chi connectivity index (χ4n) is 3.70. The summed E-state index contributed by atoms with van der Waals surface area (Å²) in [6.45, 7) is 5.82. The maximum atomic E-state index is 6.65. The van der Waals surface area contributed by atoms with E-state index in [1.165, 1.54) is 0 Å². The number of rotatable bonds is 2. The summed E-state index contributed by atoms with van der Waals surface area (Å²) in [5.41, 5.74) is 12.5. The Kier molecular flexibility index (Phi) is 4.13. The molecule has 3 fully saturated rings. The van der Waals surface area contributed by atoms with Gasteiger partial charge in [0.1, 0.15) is 0 Å². The van der Waals surface area contributed by atoms with Crippen LogP contribution in [0.5, 0.6) is 0 Å². The van der Waals surface area contributed by atoms with Gasteiger partial charge < -0.3 is 30.7 Å². The van der Waals surface area contributed by atoms with Gasteiger partial charge in [0.05, 0.1) is 37.8 Å². The predicted molar refractivity (Wildman–Crippen MR) is 84.5 cm³/mol. The molecule has 3 saturated heterocycles. The molecule has 0 amide bonds. The van der Waals surface area contributed by atoms with E-state index in [-0.39, 0.29) is 11.7 Å². The van der Waals surface area contributed by atoms with Crippen LogP contribution in [0.15, 0.2) is 0 Å². The van der Waals surface area contributed by atoms with Crippen molar-refractivity contribution in [3.63, 3.8) is 0 Å². The lowest BCUT2D eigenvalue weighted by Gasteiger charge is -2.46. The lowest BCUT2D eigenvalue weighted by molar-refractivity contribution is -0.00242. The van der Waals surface area contributed by atoms with Gasteiger partial charge in [-0.15, -0.1) is 0 Å². The molecule has 4 N–H and O–H groups in total. The Bertz CT molecular complexity index is 408. The number of hydrogen-bond donors (Lipinski definition) is 2. The SMILES string of the molecule is CC1CN(C2(N)CCOCC2)C(=S)N1C1(N)CCOCC1. The van der Waals surface area contributed by atoms with Crippen LogP contribution in [0.3, 0.4) is 0 Å². The Balaban J connectivity index is 1.80. The molecule has 0 spiro atoms. The second-order valence-corrected chi connectivity index (χ2v) is 6.91. The highest BCUT2D eigenvalue weighted by Gasteiger charge is 2.49. The monoisotopic (exact) mass is 314 g/mol. The minimum Gasteiger partial charge on any atom is -0.381 e. The van der Waals surface area contributed by atoms with Crippen molar-refractivity contribution in [2.24, 2.45) is 11.5 Å². The summed E-state index contributed by atoms with van der Waals surface area (Å²) in [5, 5.41) is 0.802.